The summed E-state index contributed by atoms with van der Waals surface area (Å²) < 4.78 is 48.1. The van der Waals surface area contributed by atoms with Crippen LogP contribution >= 0.6 is 11.6 Å². The summed E-state index contributed by atoms with van der Waals surface area (Å²) in [6.45, 7) is 3.24. The van der Waals surface area contributed by atoms with Gasteiger partial charge in [-0.15, -0.1) is 13.2 Å². The predicted octanol–water partition coefficient (Wildman–Crippen LogP) is 3.65. The van der Waals surface area contributed by atoms with Crippen molar-refractivity contribution in [1.29, 1.82) is 0 Å². The van der Waals surface area contributed by atoms with Gasteiger partial charge in [-0.1, -0.05) is 17.7 Å². The van der Waals surface area contributed by atoms with Crippen LogP contribution < -0.4 is 15.2 Å². The summed E-state index contributed by atoms with van der Waals surface area (Å²) in [5.74, 6) is -0.502. The number of carbonyl (C=O) groups excluding carboxylic acids is 1. The smallest absolute Gasteiger partial charge is 0.406 e. The van der Waals surface area contributed by atoms with Gasteiger partial charge in [0.25, 0.3) is 5.56 Å². The Bertz CT molecular complexity index is 1120. The zero-order chi connectivity index (χ0) is 24.5. The molecule has 0 aliphatic carbocycles. The Kier molecular flexibility index (Phi) is 7.04. The lowest BCUT2D eigenvalue weighted by Crippen LogP contribution is -2.50. The predicted molar refractivity (Wildman–Crippen MR) is 118 cm³/mol. The monoisotopic (exact) mass is 500 g/mol. The fraction of sp³-hybridized carbons (Fsp3) is 0.500. The molecule has 0 radical (unpaired) electrons. The molecule has 1 aromatic heterocycles. The van der Waals surface area contributed by atoms with Gasteiger partial charge in [0.15, 0.2) is 6.23 Å². The van der Waals surface area contributed by atoms with Crippen molar-refractivity contribution < 1.29 is 27.4 Å². The first kappa shape index (κ1) is 24.3. The molecule has 1 unspecified atom stereocenters. The molecule has 2 aliphatic rings. The summed E-state index contributed by atoms with van der Waals surface area (Å²) in [6, 6.07) is 4.04. The second-order valence-corrected chi connectivity index (χ2v) is 8.67. The summed E-state index contributed by atoms with van der Waals surface area (Å²) in [5, 5.41) is 4.22. The molecule has 0 N–H and O–H groups in total. The van der Waals surface area contributed by atoms with Crippen LogP contribution in [0.5, 0.6) is 5.75 Å². The number of aromatic nitrogens is 2. The topological polar surface area (TPSA) is 76.9 Å². The van der Waals surface area contributed by atoms with Crippen molar-refractivity contribution in [2.45, 2.75) is 45.3 Å². The largest absolute Gasteiger partial charge is 0.573 e. The van der Waals surface area contributed by atoms with Gasteiger partial charge in [-0.3, -0.25) is 9.59 Å². The van der Waals surface area contributed by atoms with Gasteiger partial charge in [0.2, 0.25) is 5.91 Å². The van der Waals surface area contributed by atoms with Crippen LogP contribution in [0.4, 0.5) is 18.9 Å². The van der Waals surface area contributed by atoms with Crippen molar-refractivity contribution in [3.63, 3.8) is 0 Å². The van der Waals surface area contributed by atoms with Crippen LogP contribution in [-0.2, 0) is 16.1 Å². The minimum Gasteiger partial charge on any atom is -0.406 e. The molecule has 0 bridgehead atoms. The number of rotatable bonds is 5. The molecular formula is C22H24ClF3N4O4. The van der Waals surface area contributed by atoms with E-state index in [1.165, 1.54) is 29.1 Å². The number of amides is 1. The average Bonchev–Trinajstić information content (AvgIpc) is 2.78. The van der Waals surface area contributed by atoms with Crippen molar-refractivity contribution in [1.82, 2.24) is 14.7 Å². The molecule has 34 heavy (non-hydrogen) atoms. The number of aryl methyl sites for hydroxylation is 1. The van der Waals surface area contributed by atoms with Crippen LogP contribution in [0.2, 0.25) is 5.02 Å². The third kappa shape index (κ3) is 5.47. The number of alkyl halides is 3. The van der Waals surface area contributed by atoms with Gasteiger partial charge in [0.1, 0.15) is 10.8 Å². The Morgan fingerprint density at radius 3 is 2.68 bits per heavy atom. The SMILES string of the molecule is Cc1cc(OC(F)(F)F)ccc1CN1CCN(c2cnn(C3CCCCO3)c(=O)c2Cl)CC1=O. The normalized spacial score (nSPS) is 19.4. The third-order valence-electron chi connectivity index (χ3n) is 5.92. The Labute approximate surface area is 198 Å². The molecule has 2 fully saturated rings. The van der Waals surface area contributed by atoms with E-state index in [2.05, 4.69) is 9.84 Å². The fourth-order valence-corrected chi connectivity index (χ4v) is 4.36. The zero-order valence-electron chi connectivity index (χ0n) is 18.5. The lowest BCUT2D eigenvalue weighted by Gasteiger charge is -2.36. The molecule has 2 aliphatic heterocycles. The second kappa shape index (κ2) is 9.83. The maximum atomic E-state index is 12.8. The van der Waals surface area contributed by atoms with Crippen LogP contribution in [0, 0.1) is 6.92 Å². The van der Waals surface area contributed by atoms with Gasteiger partial charge in [-0.05, 0) is 49.4 Å². The Morgan fingerprint density at radius 1 is 1.24 bits per heavy atom. The van der Waals surface area contributed by atoms with Crippen molar-refractivity contribution in [2.75, 3.05) is 31.1 Å². The summed E-state index contributed by atoms with van der Waals surface area (Å²) in [6.07, 6.45) is -1.17. The number of carbonyl (C=O) groups is 1. The number of hydrogen-bond donors (Lipinski definition) is 0. The molecule has 0 spiro atoms. The minimum absolute atomic E-state index is 0.000895. The van der Waals surface area contributed by atoms with E-state index < -0.39 is 18.1 Å². The summed E-state index contributed by atoms with van der Waals surface area (Å²) >= 11 is 6.36. The number of ether oxygens (including phenoxy) is 2. The van der Waals surface area contributed by atoms with Crippen LogP contribution in [0.15, 0.2) is 29.2 Å². The zero-order valence-corrected chi connectivity index (χ0v) is 19.2. The Morgan fingerprint density at radius 2 is 2.03 bits per heavy atom. The standard InChI is InChI=1S/C22H24ClF3N4O4/c1-14-10-16(34-22(24,25)26)6-5-15(14)12-29-8-7-28(13-18(29)31)17-11-27-30(21(32)20(17)23)19-4-2-3-9-33-19/h5-6,10-11,19H,2-4,7-9,12-13H2,1H3. The van der Waals surface area contributed by atoms with Crippen LogP contribution in [0.3, 0.4) is 0 Å². The molecule has 0 saturated carbocycles. The number of piperazine rings is 1. The van der Waals surface area contributed by atoms with Gasteiger partial charge in [-0.25, -0.2) is 0 Å². The third-order valence-corrected chi connectivity index (χ3v) is 6.28. The maximum Gasteiger partial charge on any atom is 0.573 e. The lowest BCUT2D eigenvalue weighted by atomic mass is 10.1. The van der Waals surface area contributed by atoms with E-state index in [4.69, 9.17) is 16.3 Å². The van der Waals surface area contributed by atoms with Crippen LogP contribution in [0.25, 0.3) is 0 Å². The molecule has 3 heterocycles. The minimum atomic E-state index is -4.76. The molecular weight excluding hydrogens is 477 g/mol. The highest BCUT2D eigenvalue weighted by molar-refractivity contribution is 6.33. The van der Waals surface area contributed by atoms with Crippen molar-refractivity contribution >= 4 is 23.2 Å². The lowest BCUT2D eigenvalue weighted by molar-refractivity contribution is -0.274. The van der Waals surface area contributed by atoms with Gasteiger partial charge in [0, 0.05) is 26.2 Å². The number of benzene rings is 1. The van der Waals surface area contributed by atoms with E-state index in [1.807, 2.05) is 0 Å². The average molecular weight is 501 g/mol. The second-order valence-electron chi connectivity index (χ2n) is 8.29. The highest BCUT2D eigenvalue weighted by atomic mass is 35.5. The van der Waals surface area contributed by atoms with Crippen molar-refractivity contribution in [3.8, 4) is 5.75 Å². The van der Waals surface area contributed by atoms with Crippen molar-refractivity contribution in [3.05, 3.63) is 50.9 Å². The highest BCUT2D eigenvalue weighted by Crippen LogP contribution is 2.28. The van der Waals surface area contributed by atoms with E-state index in [-0.39, 0.29) is 29.8 Å². The van der Waals surface area contributed by atoms with E-state index in [0.717, 1.165) is 12.8 Å². The number of nitrogens with zero attached hydrogens (tertiary/aromatic N) is 4. The highest BCUT2D eigenvalue weighted by Gasteiger charge is 2.32. The number of anilines is 1. The fourth-order valence-electron chi connectivity index (χ4n) is 4.11. The van der Waals surface area contributed by atoms with Gasteiger partial charge < -0.3 is 19.3 Å². The van der Waals surface area contributed by atoms with Crippen LogP contribution in [0.1, 0.15) is 36.6 Å². The van der Waals surface area contributed by atoms with E-state index in [1.54, 1.807) is 16.7 Å². The molecule has 1 aromatic carbocycles. The molecule has 1 atom stereocenters. The number of hydrogen-bond acceptors (Lipinski definition) is 6. The molecule has 1 amide bonds. The maximum absolute atomic E-state index is 12.8. The van der Waals surface area contributed by atoms with E-state index in [9.17, 15) is 22.8 Å². The Hall–Kier alpha value is -2.79. The molecule has 12 heteroatoms. The molecule has 4 rings (SSSR count). The first-order valence-corrected chi connectivity index (χ1v) is 11.3. The van der Waals surface area contributed by atoms with Gasteiger partial charge >= 0.3 is 6.36 Å². The van der Waals surface area contributed by atoms with Crippen LogP contribution in [-0.4, -0.2) is 53.2 Å². The van der Waals surface area contributed by atoms with Gasteiger partial charge in [-0.2, -0.15) is 9.78 Å². The van der Waals surface area contributed by atoms with E-state index in [0.29, 0.717) is 42.9 Å². The quantitative estimate of drug-likeness (QED) is 0.624. The summed E-state index contributed by atoms with van der Waals surface area (Å²) in [7, 11) is 0. The number of halogens is 4. The first-order valence-electron chi connectivity index (χ1n) is 10.9. The molecule has 8 nitrogen and oxygen atoms in total. The molecule has 184 valence electrons. The summed E-state index contributed by atoms with van der Waals surface area (Å²) in [4.78, 5) is 28.9. The summed E-state index contributed by atoms with van der Waals surface area (Å²) in [5.41, 5.74) is 1.22. The van der Waals surface area contributed by atoms with E-state index >= 15 is 0 Å². The molecule has 2 aromatic rings. The first-order chi connectivity index (χ1) is 16.1. The Balaban J connectivity index is 1.42. The molecule has 2 saturated heterocycles. The van der Waals surface area contributed by atoms with Crippen molar-refractivity contribution in [2.24, 2.45) is 0 Å². The van der Waals surface area contributed by atoms with Gasteiger partial charge in [0.05, 0.1) is 18.4 Å².